The van der Waals surface area contributed by atoms with E-state index in [0.717, 1.165) is 28.2 Å². The summed E-state index contributed by atoms with van der Waals surface area (Å²) in [7, 11) is 0. The molecule has 2 nitrogen and oxygen atoms in total. The molecular formula is C15H20BrNO. The normalized spacial score (nSPS) is 14.9. The molecule has 1 aliphatic carbocycles. The molecule has 1 saturated carbocycles. The van der Waals surface area contributed by atoms with E-state index >= 15 is 0 Å². The predicted molar refractivity (Wildman–Crippen MR) is 79.4 cm³/mol. The lowest BCUT2D eigenvalue weighted by Gasteiger charge is -2.30. The number of carbonyl (C=O) groups is 1. The van der Waals surface area contributed by atoms with Crippen LogP contribution in [0.4, 0.5) is 5.69 Å². The number of halogens is 1. The van der Waals surface area contributed by atoms with Gasteiger partial charge in [-0.3, -0.25) is 4.79 Å². The first kappa shape index (κ1) is 13.6. The van der Waals surface area contributed by atoms with Crippen LogP contribution in [-0.4, -0.2) is 18.4 Å². The second-order valence-electron chi connectivity index (χ2n) is 5.41. The molecule has 1 aromatic rings. The highest BCUT2D eigenvalue weighted by atomic mass is 79.9. The van der Waals surface area contributed by atoms with Gasteiger partial charge in [0.2, 0.25) is 0 Å². The SMILES string of the molecule is CC(=O)c1cc(Br)ccc1N(CC1CC1)C(C)C. The van der Waals surface area contributed by atoms with Crippen LogP contribution in [0.3, 0.4) is 0 Å². The first-order valence-corrected chi connectivity index (χ1v) is 7.35. The van der Waals surface area contributed by atoms with Gasteiger partial charge in [-0.15, -0.1) is 0 Å². The van der Waals surface area contributed by atoms with E-state index in [4.69, 9.17) is 0 Å². The van der Waals surface area contributed by atoms with Crippen LogP contribution in [0.2, 0.25) is 0 Å². The summed E-state index contributed by atoms with van der Waals surface area (Å²) in [6.07, 6.45) is 2.66. The number of anilines is 1. The number of hydrogen-bond donors (Lipinski definition) is 0. The van der Waals surface area contributed by atoms with Crippen molar-refractivity contribution in [1.29, 1.82) is 0 Å². The quantitative estimate of drug-likeness (QED) is 0.757. The van der Waals surface area contributed by atoms with Crippen LogP contribution in [0, 0.1) is 5.92 Å². The smallest absolute Gasteiger partial charge is 0.161 e. The fourth-order valence-electron chi connectivity index (χ4n) is 2.21. The van der Waals surface area contributed by atoms with E-state index in [2.05, 4.69) is 40.7 Å². The van der Waals surface area contributed by atoms with E-state index in [-0.39, 0.29) is 5.78 Å². The monoisotopic (exact) mass is 309 g/mol. The van der Waals surface area contributed by atoms with Gasteiger partial charge in [-0.25, -0.2) is 0 Å². The van der Waals surface area contributed by atoms with Crippen LogP contribution >= 0.6 is 15.9 Å². The Hall–Kier alpha value is -0.830. The van der Waals surface area contributed by atoms with Crippen LogP contribution in [0.5, 0.6) is 0 Å². The maximum atomic E-state index is 11.8. The number of rotatable bonds is 5. The van der Waals surface area contributed by atoms with E-state index in [0.29, 0.717) is 6.04 Å². The third-order valence-electron chi connectivity index (χ3n) is 3.42. The molecule has 1 aromatic carbocycles. The standard InChI is InChI=1S/C15H20BrNO/c1-10(2)17(9-12-4-5-12)15-7-6-13(16)8-14(15)11(3)18/h6-8,10,12H,4-5,9H2,1-3H3. The molecule has 0 atom stereocenters. The molecule has 2 rings (SSSR count). The topological polar surface area (TPSA) is 20.3 Å². The van der Waals surface area contributed by atoms with Gasteiger partial charge in [-0.05, 0) is 57.7 Å². The largest absolute Gasteiger partial charge is 0.368 e. The minimum atomic E-state index is 0.132. The molecule has 0 unspecified atom stereocenters. The molecule has 3 heteroatoms. The van der Waals surface area contributed by atoms with Crippen LogP contribution < -0.4 is 4.90 Å². The molecule has 0 aromatic heterocycles. The zero-order chi connectivity index (χ0) is 13.3. The van der Waals surface area contributed by atoms with Crippen molar-refractivity contribution in [2.24, 2.45) is 5.92 Å². The Labute approximate surface area is 117 Å². The molecule has 0 aliphatic heterocycles. The Bertz CT molecular complexity index is 452. The summed E-state index contributed by atoms with van der Waals surface area (Å²) in [5.41, 5.74) is 1.89. The minimum absolute atomic E-state index is 0.132. The van der Waals surface area contributed by atoms with Gasteiger partial charge in [0.15, 0.2) is 5.78 Å². The lowest BCUT2D eigenvalue weighted by atomic mass is 10.1. The van der Waals surface area contributed by atoms with Crippen LogP contribution in [0.1, 0.15) is 44.0 Å². The number of carbonyl (C=O) groups excluding carboxylic acids is 1. The molecule has 18 heavy (non-hydrogen) atoms. The van der Waals surface area contributed by atoms with E-state index < -0.39 is 0 Å². The van der Waals surface area contributed by atoms with Crippen LogP contribution in [-0.2, 0) is 0 Å². The van der Waals surface area contributed by atoms with Gasteiger partial charge in [0, 0.05) is 28.3 Å². The summed E-state index contributed by atoms with van der Waals surface area (Å²) >= 11 is 3.44. The summed E-state index contributed by atoms with van der Waals surface area (Å²) in [6.45, 7) is 7.09. The number of nitrogens with zero attached hydrogens (tertiary/aromatic N) is 1. The van der Waals surface area contributed by atoms with Gasteiger partial charge in [0.05, 0.1) is 0 Å². The first-order chi connectivity index (χ1) is 8.49. The molecule has 0 saturated heterocycles. The molecule has 0 radical (unpaired) electrons. The number of benzene rings is 1. The maximum Gasteiger partial charge on any atom is 0.161 e. The number of ketones is 1. The first-order valence-electron chi connectivity index (χ1n) is 6.56. The van der Waals surface area contributed by atoms with Crippen LogP contribution in [0.25, 0.3) is 0 Å². The summed E-state index contributed by atoms with van der Waals surface area (Å²) in [5, 5.41) is 0. The highest BCUT2D eigenvalue weighted by Gasteiger charge is 2.27. The lowest BCUT2D eigenvalue weighted by molar-refractivity contribution is 0.101. The van der Waals surface area contributed by atoms with Crippen molar-refractivity contribution in [2.45, 2.75) is 39.7 Å². The van der Waals surface area contributed by atoms with Crippen molar-refractivity contribution in [1.82, 2.24) is 0 Å². The van der Waals surface area contributed by atoms with Gasteiger partial charge in [0.1, 0.15) is 0 Å². The summed E-state index contributed by atoms with van der Waals surface area (Å²) < 4.78 is 0.964. The molecule has 0 bridgehead atoms. The second-order valence-corrected chi connectivity index (χ2v) is 6.32. The highest BCUT2D eigenvalue weighted by Crippen LogP contribution is 2.34. The van der Waals surface area contributed by atoms with E-state index in [1.807, 2.05) is 12.1 Å². The zero-order valence-corrected chi connectivity index (χ0v) is 12.8. The molecule has 1 aliphatic rings. The minimum Gasteiger partial charge on any atom is -0.368 e. The number of hydrogen-bond acceptors (Lipinski definition) is 2. The Kier molecular flexibility index (Phi) is 4.10. The summed E-state index contributed by atoms with van der Waals surface area (Å²) in [6, 6.07) is 6.43. The molecule has 0 spiro atoms. The molecule has 1 fully saturated rings. The van der Waals surface area contributed by atoms with E-state index in [9.17, 15) is 4.79 Å². The Balaban J connectivity index is 2.35. The lowest BCUT2D eigenvalue weighted by Crippen LogP contribution is -2.33. The zero-order valence-electron chi connectivity index (χ0n) is 11.2. The Morgan fingerprint density at radius 3 is 2.61 bits per heavy atom. The van der Waals surface area contributed by atoms with Gasteiger partial charge in [-0.2, -0.15) is 0 Å². The number of Topliss-reactive ketones (excluding diaryl/α,β-unsaturated/α-hetero) is 1. The molecule has 0 amide bonds. The Morgan fingerprint density at radius 1 is 1.44 bits per heavy atom. The summed E-state index contributed by atoms with van der Waals surface area (Å²) in [4.78, 5) is 14.2. The fraction of sp³-hybridized carbons (Fsp3) is 0.533. The maximum absolute atomic E-state index is 11.8. The molecule has 0 heterocycles. The third kappa shape index (κ3) is 3.14. The van der Waals surface area contributed by atoms with E-state index in [1.54, 1.807) is 6.92 Å². The summed E-state index contributed by atoms with van der Waals surface area (Å²) in [5.74, 6) is 0.948. The highest BCUT2D eigenvalue weighted by molar-refractivity contribution is 9.10. The van der Waals surface area contributed by atoms with Gasteiger partial charge in [-0.1, -0.05) is 15.9 Å². The molecule has 98 valence electrons. The fourth-order valence-corrected chi connectivity index (χ4v) is 2.57. The second kappa shape index (κ2) is 5.43. The van der Waals surface area contributed by atoms with Crippen molar-refractivity contribution < 1.29 is 4.79 Å². The average molecular weight is 310 g/mol. The third-order valence-corrected chi connectivity index (χ3v) is 3.92. The van der Waals surface area contributed by atoms with Gasteiger partial charge < -0.3 is 4.90 Å². The predicted octanol–water partition coefficient (Wildman–Crippen LogP) is 4.28. The van der Waals surface area contributed by atoms with Gasteiger partial charge >= 0.3 is 0 Å². The van der Waals surface area contributed by atoms with E-state index in [1.165, 1.54) is 12.8 Å². The Morgan fingerprint density at radius 2 is 2.11 bits per heavy atom. The molecular weight excluding hydrogens is 290 g/mol. The van der Waals surface area contributed by atoms with Crippen molar-refractivity contribution in [2.75, 3.05) is 11.4 Å². The van der Waals surface area contributed by atoms with Crippen LogP contribution in [0.15, 0.2) is 22.7 Å². The van der Waals surface area contributed by atoms with Gasteiger partial charge in [0.25, 0.3) is 0 Å². The van der Waals surface area contributed by atoms with Crippen molar-refractivity contribution in [3.8, 4) is 0 Å². The van der Waals surface area contributed by atoms with Crippen molar-refractivity contribution >= 4 is 27.4 Å². The van der Waals surface area contributed by atoms with Crippen molar-refractivity contribution in [3.63, 3.8) is 0 Å². The van der Waals surface area contributed by atoms with Crippen molar-refractivity contribution in [3.05, 3.63) is 28.2 Å². The average Bonchev–Trinajstić information content (AvgIpc) is 3.09. The molecule has 0 N–H and O–H groups in total.